The van der Waals surface area contributed by atoms with E-state index in [1.807, 2.05) is 0 Å². The van der Waals surface area contributed by atoms with Crippen molar-refractivity contribution in [2.75, 3.05) is 0 Å². The van der Waals surface area contributed by atoms with Crippen molar-refractivity contribution in [1.82, 2.24) is 0 Å². The van der Waals surface area contributed by atoms with E-state index in [2.05, 4.69) is 31.9 Å². The topological polar surface area (TPSA) is 17.1 Å². The highest BCUT2D eigenvalue weighted by atomic mass is 79.9. The molecule has 0 fully saturated rings. The second-order valence-electron chi connectivity index (χ2n) is 11.2. The number of benzene rings is 2. The molecular weight excluding hydrogens is 994 g/mol. The molecule has 2 rings (SSSR count). The number of Topliss-reactive ketones (excluding diaryl/α,β-unsaturated/α-hetero) is 1. The number of rotatable bonds is 14. The molecule has 0 N–H and O–H groups in total. The maximum absolute atomic E-state index is 15.1. The van der Waals surface area contributed by atoms with Crippen molar-refractivity contribution in [3.63, 3.8) is 0 Å². The molecule has 0 aliphatic heterocycles. The first-order valence-electron chi connectivity index (χ1n) is 13.4. The first kappa shape index (κ1) is 49.4. The van der Waals surface area contributed by atoms with Crippen LogP contribution < -0.4 is 0 Å². The van der Waals surface area contributed by atoms with Gasteiger partial charge in [-0.25, -0.2) is 0 Å². The summed E-state index contributed by atoms with van der Waals surface area (Å²) in [5, 5.41) is 0. The maximum Gasteiger partial charge on any atom is 0.460 e. The van der Waals surface area contributed by atoms with Gasteiger partial charge in [0.1, 0.15) is 5.78 Å². The zero-order valence-corrected chi connectivity index (χ0v) is 28.5. The summed E-state index contributed by atoms with van der Waals surface area (Å²) in [5.41, 5.74) is -9.23. The normalized spacial score (nSPS) is 15.4. The molecule has 0 saturated heterocycles. The number of ketones is 1. The van der Waals surface area contributed by atoms with E-state index < -0.39 is 134 Å². The molecule has 2 aromatic rings. The summed E-state index contributed by atoms with van der Waals surface area (Å²) >= 11 is 4.56. The fourth-order valence-corrected chi connectivity index (χ4v) is 5.08. The minimum Gasteiger partial charge on any atom is -0.299 e. The van der Waals surface area contributed by atoms with Crippen LogP contribution in [0.3, 0.4) is 0 Å². The summed E-state index contributed by atoms with van der Waals surface area (Å²) in [6.07, 6.45) is -19.8. The van der Waals surface area contributed by atoms with Crippen LogP contribution in [-0.2, 0) is 29.5 Å². The van der Waals surface area contributed by atoms with Crippen molar-refractivity contribution in [3.05, 3.63) is 67.6 Å². The molecule has 0 saturated carbocycles. The summed E-state index contributed by atoms with van der Waals surface area (Å²) in [6.45, 7) is 0. The molecule has 0 heterocycles. The van der Waals surface area contributed by atoms with Gasteiger partial charge in [-0.05, 0) is 35.4 Å². The van der Waals surface area contributed by atoms with E-state index in [1.54, 1.807) is 0 Å². The highest BCUT2D eigenvalue weighted by Crippen LogP contribution is 2.64. The lowest BCUT2D eigenvalue weighted by Crippen LogP contribution is -2.69. The molecule has 320 valence electrons. The fourth-order valence-electron chi connectivity index (χ4n) is 4.35. The number of carbonyl (C=O) groups is 1. The molecule has 29 heteroatoms. The Hall–Kier alpha value is -2.75. The van der Waals surface area contributed by atoms with Crippen LogP contribution in [0.5, 0.6) is 0 Å². The monoisotopic (exact) mass is 1000 g/mol. The molecule has 2 aromatic carbocycles. The van der Waals surface area contributed by atoms with Crippen LogP contribution >= 0.6 is 31.9 Å². The van der Waals surface area contributed by atoms with Gasteiger partial charge in [0.05, 0.1) is 0 Å². The zero-order valence-electron chi connectivity index (χ0n) is 25.4. The van der Waals surface area contributed by atoms with Gasteiger partial charge in [0.15, 0.2) is 0 Å². The van der Waals surface area contributed by atoms with Crippen molar-refractivity contribution in [1.29, 1.82) is 0 Å². The minimum absolute atomic E-state index is 0.0105. The molecule has 0 bridgehead atoms. The smallest absolute Gasteiger partial charge is 0.299 e. The Morgan fingerprint density at radius 2 is 0.607 bits per heavy atom. The number of alkyl halides is 26. The van der Waals surface area contributed by atoms with Gasteiger partial charge in [-0.1, -0.05) is 44.0 Å². The minimum atomic E-state index is -8.37. The van der Waals surface area contributed by atoms with E-state index in [4.69, 9.17) is 0 Å². The Kier molecular flexibility index (Phi) is 12.5. The highest BCUT2D eigenvalue weighted by Gasteiger charge is 2.92. The van der Waals surface area contributed by atoms with Gasteiger partial charge in [0.2, 0.25) is 0 Å². The summed E-state index contributed by atoms with van der Waals surface area (Å²) < 4.78 is 356. The lowest BCUT2D eigenvalue weighted by atomic mass is 9.86. The molecule has 1 nitrogen and oxygen atoms in total. The Morgan fingerprint density at radius 3 is 0.839 bits per heavy atom. The van der Waals surface area contributed by atoms with E-state index in [-0.39, 0.29) is 12.1 Å². The predicted molar refractivity (Wildman–Crippen MR) is 140 cm³/mol. The molecule has 0 aliphatic rings. The molecule has 0 atom stereocenters. The summed E-state index contributed by atoms with van der Waals surface area (Å²) in [5.74, 6) is -81.9. The largest absolute Gasteiger partial charge is 0.460 e. The third kappa shape index (κ3) is 7.29. The Labute approximate surface area is 308 Å². The first-order chi connectivity index (χ1) is 24.4. The fraction of sp³-hybridized carbons (Fsp3) is 0.519. The second kappa shape index (κ2) is 14.2. The third-order valence-electron chi connectivity index (χ3n) is 7.46. The van der Waals surface area contributed by atoms with Crippen LogP contribution in [0.15, 0.2) is 45.3 Å². The molecular formula is C27H10Br2F26O. The Bertz CT molecular complexity index is 1660. The quantitative estimate of drug-likeness (QED) is 0.172. The predicted octanol–water partition coefficient (Wildman–Crippen LogP) is 13.0. The van der Waals surface area contributed by atoms with Crippen molar-refractivity contribution in [2.45, 2.75) is 84.4 Å². The SMILES string of the molecule is O=C(Cc1ccc(Br)cc1C(F)(F)C(F)(F)C(F)(F)C(F)(F)C(F)(F)C(F)(F)F)Cc1ccc(Br)cc1C(F)(F)C(F)(F)C(F)(F)C(F)(F)C(F)(F)C(F)(F)F. The van der Waals surface area contributed by atoms with Crippen LogP contribution in [-0.4, -0.2) is 65.5 Å². The van der Waals surface area contributed by atoms with Crippen molar-refractivity contribution < 1.29 is 119 Å². The molecule has 0 unspecified atom stereocenters. The van der Waals surface area contributed by atoms with Gasteiger partial charge in [-0.15, -0.1) is 0 Å². The second-order valence-corrected chi connectivity index (χ2v) is 13.1. The maximum atomic E-state index is 15.1. The number of carbonyl (C=O) groups excluding carboxylic acids is 1. The van der Waals surface area contributed by atoms with Crippen LogP contribution in [0.4, 0.5) is 114 Å². The molecule has 0 aliphatic carbocycles. The lowest BCUT2D eigenvalue weighted by Gasteiger charge is -2.40. The zero-order chi connectivity index (χ0) is 44.7. The molecule has 56 heavy (non-hydrogen) atoms. The van der Waals surface area contributed by atoms with Gasteiger partial charge in [0.25, 0.3) is 0 Å². The van der Waals surface area contributed by atoms with Gasteiger partial charge in [-0.2, -0.15) is 114 Å². The van der Waals surface area contributed by atoms with E-state index in [0.29, 0.717) is 12.1 Å². The molecule has 0 radical (unpaired) electrons. The van der Waals surface area contributed by atoms with E-state index in [0.717, 1.165) is 0 Å². The standard InChI is InChI=1S/C27H10Br2F26O/c28-11-3-1-9(14(7-11)16(30,31)18(34,35)20(38,39)22(42,43)24(46,47)26(50,51)52)5-13(56)6-10-2-4-12(29)8-15(10)17(32,33)19(36,37)21(40,41)23(44,45)25(48,49)27(53,54)55/h1-4,7-8H,5-6H2. The van der Waals surface area contributed by atoms with Crippen LogP contribution in [0.2, 0.25) is 0 Å². The number of hydrogen-bond donors (Lipinski definition) is 0. The van der Waals surface area contributed by atoms with E-state index in [9.17, 15) is 101 Å². The summed E-state index contributed by atoms with van der Waals surface area (Å²) in [7, 11) is 0. The van der Waals surface area contributed by atoms with Crippen LogP contribution in [0.25, 0.3) is 0 Å². The Morgan fingerprint density at radius 1 is 0.375 bits per heavy atom. The lowest BCUT2D eigenvalue weighted by molar-refractivity contribution is -0.441. The van der Waals surface area contributed by atoms with Gasteiger partial charge >= 0.3 is 71.6 Å². The van der Waals surface area contributed by atoms with Crippen molar-refractivity contribution in [2.24, 2.45) is 0 Å². The van der Waals surface area contributed by atoms with Crippen molar-refractivity contribution >= 4 is 37.6 Å². The van der Waals surface area contributed by atoms with Crippen LogP contribution in [0, 0.1) is 0 Å². The van der Waals surface area contributed by atoms with Gasteiger partial charge < -0.3 is 0 Å². The number of halogens is 28. The molecule has 0 amide bonds. The third-order valence-corrected chi connectivity index (χ3v) is 8.45. The van der Waals surface area contributed by atoms with Crippen LogP contribution in [0.1, 0.15) is 22.3 Å². The molecule has 0 aromatic heterocycles. The summed E-state index contributed by atoms with van der Waals surface area (Å²) in [6, 6.07) is -0.0166. The average molecular weight is 1000 g/mol. The van der Waals surface area contributed by atoms with Crippen molar-refractivity contribution in [3.8, 4) is 0 Å². The Balaban J connectivity index is 2.70. The first-order valence-corrected chi connectivity index (χ1v) is 15.0. The van der Waals surface area contributed by atoms with E-state index >= 15 is 17.6 Å². The average Bonchev–Trinajstić information content (AvgIpc) is 3.00. The molecule has 0 spiro atoms. The highest BCUT2D eigenvalue weighted by molar-refractivity contribution is 9.10. The van der Waals surface area contributed by atoms with Gasteiger partial charge in [0, 0.05) is 32.9 Å². The number of hydrogen-bond acceptors (Lipinski definition) is 1. The van der Waals surface area contributed by atoms with Gasteiger partial charge in [-0.3, -0.25) is 4.79 Å². The van der Waals surface area contributed by atoms with E-state index in [1.165, 1.54) is 0 Å². The summed E-state index contributed by atoms with van der Waals surface area (Å²) in [4.78, 5) is 12.7.